The Morgan fingerprint density at radius 3 is 2.65 bits per heavy atom. The normalized spacial score (nSPS) is 16.0. The van der Waals surface area contributed by atoms with Crippen LogP contribution in [0, 0.1) is 0 Å². The highest BCUT2D eigenvalue weighted by Crippen LogP contribution is 2.35. The monoisotopic (exact) mass is 325 g/mol. The lowest BCUT2D eigenvalue weighted by Gasteiger charge is -2.26. The van der Waals surface area contributed by atoms with Crippen LogP contribution in [0.25, 0.3) is 20.7 Å². The predicted octanol–water partition coefficient (Wildman–Crippen LogP) is 3.38. The summed E-state index contributed by atoms with van der Waals surface area (Å²) in [6.07, 6.45) is 1.76. The molecule has 0 aliphatic carbocycles. The smallest absolute Gasteiger partial charge is 0.0837 e. The van der Waals surface area contributed by atoms with Crippen LogP contribution in [-0.2, 0) is 11.3 Å². The highest BCUT2D eigenvalue weighted by molar-refractivity contribution is 7.22. The maximum Gasteiger partial charge on any atom is 0.0837 e. The van der Waals surface area contributed by atoms with Crippen LogP contribution in [0.5, 0.6) is 0 Å². The number of aromatic nitrogens is 1. The number of pyridine rings is 1. The van der Waals surface area contributed by atoms with Gasteiger partial charge >= 0.3 is 0 Å². The summed E-state index contributed by atoms with van der Waals surface area (Å²) in [6, 6.07) is 12.8. The number of morpholine rings is 1. The minimum absolute atomic E-state index is 0.801. The molecule has 2 aromatic heterocycles. The Morgan fingerprint density at radius 2 is 1.91 bits per heavy atom. The number of fused-ring (bicyclic) bond motifs is 1. The van der Waals surface area contributed by atoms with E-state index in [-0.39, 0.29) is 0 Å². The minimum Gasteiger partial charge on any atom is -0.397 e. The first-order valence-corrected chi connectivity index (χ1v) is 8.65. The van der Waals surface area contributed by atoms with Crippen LogP contribution in [-0.4, -0.2) is 36.2 Å². The van der Waals surface area contributed by atoms with Crippen molar-refractivity contribution in [2.75, 3.05) is 32.0 Å². The Bertz CT molecular complexity index is 807. The first kappa shape index (κ1) is 14.6. The fraction of sp³-hybridized carbons (Fsp3) is 0.278. The minimum atomic E-state index is 0.801. The van der Waals surface area contributed by atoms with Crippen molar-refractivity contribution < 1.29 is 4.74 Å². The molecule has 0 radical (unpaired) electrons. The van der Waals surface area contributed by atoms with Crippen molar-refractivity contribution in [3.05, 3.63) is 48.2 Å². The first-order chi connectivity index (χ1) is 11.3. The van der Waals surface area contributed by atoms with Crippen LogP contribution in [0.2, 0.25) is 0 Å². The molecule has 0 atom stereocenters. The third-order valence-corrected chi connectivity index (χ3v) is 5.41. The molecule has 2 N–H and O–H groups in total. The molecule has 3 aromatic rings. The maximum atomic E-state index is 6.03. The summed E-state index contributed by atoms with van der Waals surface area (Å²) in [5, 5.41) is 0. The van der Waals surface area contributed by atoms with E-state index in [4.69, 9.17) is 10.5 Å². The number of benzene rings is 1. The average molecular weight is 325 g/mol. The zero-order valence-corrected chi connectivity index (χ0v) is 13.7. The largest absolute Gasteiger partial charge is 0.397 e. The van der Waals surface area contributed by atoms with E-state index >= 15 is 0 Å². The molecule has 1 aromatic carbocycles. The molecule has 3 heterocycles. The Labute approximate surface area is 139 Å². The summed E-state index contributed by atoms with van der Waals surface area (Å²) >= 11 is 1.70. The van der Waals surface area contributed by atoms with Crippen LogP contribution < -0.4 is 5.73 Å². The molecular weight excluding hydrogens is 306 g/mol. The number of hydrogen-bond donors (Lipinski definition) is 1. The van der Waals surface area contributed by atoms with E-state index in [1.54, 1.807) is 17.5 Å². The lowest BCUT2D eigenvalue weighted by atomic mass is 10.1. The number of nitrogens with two attached hydrogens (primary N) is 1. The van der Waals surface area contributed by atoms with Gasteiger partial charge in [0.15, 0.2) is 0 Å². The van der Waals surface area contributed by atoms with Gasteiger partial charge in [0.1, 0.15) is 0 Å². The quantitative estimate of drug-likeness (QED) is 0.802. The van der Waals surface area contributed by atoms with E-state index in [1.165, 1.54) is 16.0 Å². The molecule has 0 amide bonds. The van der Waals surface area contributed by atoms with Crippen LogP contribution in [0.15, 0.2) is 42.6 Å². The molecule has 118 valence electrons. The average Bonchev–Trinajstić information content (AvgIpc) is 3.02. The van der Waals surface area contributed by atoms with Gasteiger partial charge in [-0.25, -0.2) is 0 Å². The molecule has 5 heteroatoms. The predicted molar refractivity (Wildman–Crippen MR) is 95.6 cm³/mol. The molecule has 0 bridgehead atoms. The second-order valence-electron chi connectivity index (χ2n) is 5.81. The molecule has 1 fully saturated rings. The van der Waals surface area contributed by atoms with Gasteiger partial charge in [-0.05, 0) is 23.3 Å². The van der Waals surface area contributed by atoms with Gasteiger partial charge in [-0.15, -0.1) is 11.3 Å². The Hall–Kier alpha value is -1.95. The molecule has 1 saturated heterocycles. The van der Waals surface area contributed by atoms with Crippen molar-refractivity contribution in [1.82, 2.24) is 9.88 Å². The van der Waals surface area contributed by atoms with Crippen LogP contribution in [0.1, 0.15) is 5.56 Å². The van der Waals surface area contributed by atoms with Crippen molar-refractivity contribution in [3.63, 3.8) is 0 Å². The molecule has 0 unspecified atom stereocenters. The molecule has 0 saturated carbocycles. The maximum absolute atomic E-state index is 6.03. The van der Waals surface area contributed by atoms with Crippen molar-refractivity contribution in [2.24, 2.45) is 0 Å². The Kier molecular flexibility index (Phi) is 3.99. The molecule has 1 aliphatic heterocycles. The summed E-state index contributed by atoms with van der Waals surface area (Å²) in [6.45, 7) is 4.71. The summed E-state index contributed by atoms with van der Waals surface area (Å²) in [5.74, 6) is 0. The van der Waals surface area contributed by atoms with E-state index in [0.717, 1.165) is 48.8 Å². The van der Waals surface area contributed by atoms with Crippen molar-refractivity contribution >= 4 is 27.2 Å². The fourth-order valence-corrected chi connectivity index (χ4v) is 3.94. The number of hydrogen-bond acceptors (Lipinski definition) is 5. The number of nitrogen functional groups attached to an aromatic ring is 1. The fourth-order valence-electron chi connectivity index (χ4n) is 2.89. The van der Waals surface area contributed by atoms with Gasteiger partial charge in [-0.2, -0.15) is 0 Å². The van der Waals surface area contributed by atoms with Gasteiger partial charge in [-0.3, -0.25) is 9.88 Å². The summed E-state index contributed by atoms with van der Waals surface area (Å²) in [4.78, 5) is 8.04. The van der Waals surface area contributed by atoms with E-state index < -0.39 is 0 Å². The Balaban J connectivity index is 1.55. The van der Waals surface area contributed by atoms with E-state index in [1.807, 2.05) is 6.07 Å². The van der Waals surface area contributed by atoms with Gasteiger partial charge in [0.05, 0.1) is 29.1 Å². The molecule has 0 spiro atoms. The van der Waals surface area contributed by atoms with Gasteiger partial charge in [-0.1, -0.05) is 24.3 Å². The SMILES string of the molecule is Nc1ccnc2cc(-c3ccc(CN4CCOCC4)cc3)sc12. The number of ether oxygens (including phenoxy) is 1. The topological polar surface area (TPSA) is 51.4 Å². The van der Waals surface area contributed by atoms with Crippen molar-refractivity contribution in [1.29, 1.82) is 0 Å². The third kappa shape index (κ3) is 3.08. The van der Waals surface area contributed by atoms with Gasteiger partial charge in [0.25, 0.3) is 0 Å². The molecular formula is C18H19N3OS. The highest BCUT2D eigenvalue weighted by Gasteiger charge is 2.11. The second kappa shape index (κ2) is 6.28. The zero-order chi connectivity index (χ0) is 15.6. The standard InChI is InChI=1S/C18H19N3OS/c19-15-5-6-20-16-11-17(23-18(15)16)14-3-1-13(2-4-14)12-21-7-9-22-10-8-21/h1-6,11H,7-10,12H2,(H2,19,20). The van der Waals surface area contributed by atoms with Crippen LogP contribution in [0.4, 0.5) is 5.69 Å². The van der Waals surface area contributed by atoms with Crippen molar-refractivity contribution in [2.45, 2.75) is 6.54 Å². The number of nitrogens with zero attached hydrogens (tertiary/aromatic N) is 2. The summed E-state index contributed by atoms with van der Waals surface area (Å²) < 4.78 is 6.47. The first-order valence-electron chi connectivity index (χ1n) is 7.83. The Morgan fingerprint density at radius 1 is 1.13 bits per heavy atom. The number of thiophene rings is 1. The summed E-state index contributed by atoms with van der Waals surface area (Å²) in [5.41, 5.74) is 10.4. The molecule has 1 aliphatic rings. The van der Waals surface area contributed by atoms with Crippen molar-refractivity contribution in [3.8, 4) is 10.4 Å². The second-order valence-corrected chi connectivity index (χ2v) is 6.86. The van der Waals surface area contributed by atoms with E-state index in [2.05, 4.69) is 40.2 Å². The van der Waals surface area contributed by atoms with Gasteiger partial charge in [0.2, 0.25) is 0 Å². The zero-order valence-electron chi connectivity index (χ0n) is 12.9. The highest BCUT2D eigenvalue weighted by atomic mass is 32.1. The van der Waals surface area contributed by atoms with Crippen LogP contribution >= 0.6 is 11.3 Å². The van der Waals surface area contributed by atoms with Gasteiger partial charge in [0, 0.05) is 30.7 Å². The lowest BCUT2D eigenvalue weighted by molar-refractivity contribution is 0.0342. The third-order valence-electron chi connectivity index (χ3n) is 4.19. The van der Waals surface area contributed by atoms with E-state index in [0.29, 0.717) is 0 Å². The molecule has 23 heavy (non-hydrogen) atoms. The lowest BCUT2D eigenvalue weighted by Crippen LogP contribution is -2.35. The van der Waals surface area contributed by atoms with Crippen LogP contribution in [0.3, 0.4) is 0 Å². The number of anilines is 1. The number of rotatable bonds is 3. The molecule has 4 nitrogen and oxygen atoms in total. The van der Waals surface area contributed by atoms with Gasteiger partial charge < -0.3 is 10.5 Å². The van der Waals surface area contributed by atoms with E-state index in [9.17, 15) is 0 Å². The summed E-state index contributed by atoms with van der Waals surface area (Å²) in [7, 11) is 0. The molecule has 4 rings (SSSR count).